The van der Waals surface area contributed by atoms with Crippen molar-refractivity contribution >= 4 is 52.4 Å². The molecule has 0 spiro atoms. The molecule has 0 radical (unpaired) electrons. The van der Waals surface area contributed by atoms with Gasteiger partial charge in [-0.15, -0.1) is 0 Å². The van der Waals surface area contributed by atoms with Crippen molar-refractivity contribution in [3.8, 4) is 5.75 Å². The molecule has 4 aliphatic rings. The SMILES string of the molecule is CC(=O)c1ccc(N2C(=O)[C@H]3[C@H](CC=C4[C@H]3C[C@H]3C(=O)N(Nc5ccc(F)cc5)C(=O)[C@@]3(c3ccc(Cl)cc3)[C@H]4c3cccc(C)c3O)C2=O)cc1. The molecule has 0 bridgehead atoms. The van der Waals surface area contributed by atoms with Crippen LogP contribution in [-0.2, 0) is 24.6 Å². The third kappa shape index (κ3) is 4.84. The van der Waals surface area contributed by atoms with E-state index in [4.69, 9.17) is 11.6 Å². The number of nitrogens with zero attached hydrogens (tertiary/aromatic N) is 2. The molecule has 2 heterocycles. The van der Waals surface area contributed by atoms with E-state index in [0.29, 0.717) is 44.2 Å². The Morgan fingerprint density at radius 3 is 2.25 bits per heavy atom. The van der Waals surface area contributed by atoms with E-state index in [2.05, 4.69) is 5.43 Å². The van der Waals surface area contributed by atoms with Gasteiger partial charge in [0, 0.05) is 22.1 Å². The minimum atomic E-state index is -1.61. The van der Waals surface area contributed by atoms with Crippen LogP contribution in [0.1, 0.15) is 52.7 Å². The molecule has 4 amide bonds. The van der Waals surface area contributed by atoms with Crippen molar-refractivity contribution < 1.29 is 33.5 Å². The largest absolute Gasteiger partial charge is 0.507 e. The summed E-state index contributed by atoms with van der Waals surface area (Å²) in [6.07, 6.45) is 2.17. The number of aromatic hydroxyl groups is 1. The molecule has 11 heteroatoms. The van der Waals surface area contributed by atoms with Crippen LogP contribution < -0.4 is 10.3 Å². The number of hydrogen-bond donors (Lipinski definition) is 2. The first-order valence-electron chi connectivity index (χ1n) is 17.1. The first-order valence-corrected chi connectivity index (χ1v) is 17.4. The lowest BCUT2D eigenvalue weighted by molar-refractivity contribution is -0.138. The zero-order valence-electron chi connectivity index (χ0n) is 28.2. The van der Waals surface area contributed by atoms with Crippen LogP contribution in [0.5, 0.6) is 5.75 Å². The minimum absolute atomic E-state index is 0.0468. The Bertz CT molecular complexity index is 2220. The maximum absolute atomic E-state index is 15.2. The summed E-state index contributed by atoms with van der Waals surface area (Å²) >= 11 is 6.35. The zero-order chi connectivity index (χ0) is 36.6. The fraction of sp³-hybridized carbons (Fsp3) is 0.244. The molecule has 2 saturated heterocycles. The standard InChI is InChI=1S/C41H33ClFN3O6/c1-21-4-3-5-31(36(21)48)35-29-18-19-30-34(39(51)45(37(30)49)28-16-6-23(7-17-28)22(2)47)32(29)20-33-38(50)46(44-27-14-12-26(43)13-15-27)40(52)41(33,35)24-8-10-25(42)11-9-24/h3-18,30,32-35,44,48H,19-20H2,1-2H3/t30-,32+,33-,34-,35+,41+/m0/s1. The molecule has 3 fully saturated rings. The smallest absolute Gasteiger partial charge is 0.260 e. The highest BCUT2D eigenvalue weighted by Crippen LogP contribution is 2.65. The van der Waals surface area contributed by atoms with Gasteiger partial charge in [0.1, 0.15) is 11.6 Å². The highest BCUT2D eigenvalue weighted by atomic mass is 35.5. The number of imide groups is 2. The number of benzene rings is 4. The number of phenolic OH excluding ortho intramolecular Hbond substituents is 1. The number of anilines is 2. The molecule has 0 unspecified atom stereocenters. The van der Waals surface area contributed by atoms with Crippen molar-refractivity contribution in [2.45, 2.75) is 38.0 Å². The van der Waals surface area contributed by atoms with Crippen molar-refractivity contribution in [1.29, 1.82) is 0 Å². The summed E-state index contributed by atoms with van der Waals surface area (Å²) in [6.45, 7) is 3.18. The number of ketones is 1. The van der Waals surface area contributed by atoms with Crippen molar-refractivity contribution in [3.05, 3.63) is 136 Å². The van der Waals surface area contributed by atoms with E-state index in [0.717, 1.165) is 5.01 Å². The van der Waals surface area contributed by atoms with Crippen LogP contribution in [-0.4, -0.2) is 39.5 Å². The van der Waals surface area contributed by atoms with Crippen LogP contribution in [0.25, 0.3) is 0 Å². The average molecular weight is 718 g/mol. The van der Waals surface area contributed by atoms with E-state index in [1.54, 1.807) is 73.7 Å². The summed E-state index contributed by atoms with van der Waals surface area (Å²) < 4.78 is 13.9. The second kappa shape index (κ2) is 12.3. The summed E-state index contributed by atoms with van der Waals surface area (Å²) in [5.41, 5.74) is 4.56. The van der Waals surface area contributed by atoms with Gasteiger partial charge in [-0.2, -0.15) is 5.01 Å². The first-order chi connectivity index (χ1) is 24.9. The van der Waals surface area contributed by atoms with Crippen molar-refractivity contribution in [2.24, 2.45) is 23.7 Å². The zero-order valence-corrected chi connectivity index (χ0v) is 28.9. The Balaban J connectivity index is 1.31. The maximum Gasteiger partial charge on any atom is 0.260 e. The monoisotopic (exact) mass is 717 g/mol. The van der Waals surface area contributed by atoms with E-state index < -0.39 is 58.5 Å². The summed E-state index contributed by atoms with van der Waals surface area (Å²) in [7, 11) is 0. The van der Waals surface area contributed by atoms with Gasteiger partial charge in [-0.25, -0.2) is 4.39 Å². The van der Waals surface area contributed by atoms with Crippen molar-refractivity contribution in [2.75, 3.05) is 10.3 Å². The van der Waals surface area contributed by atoms with Crippen LogP contribution in [0.4, 0.5) is 15.8 Å². The molecule has 2 aliphatic heterocycles. The number of hydrogen-bond acceptors (Lipinski definition) is 7. The lowest BCUT2D eigenvalue weighted by Gasteiger charge is -2.50. The molecule has 6 atom stereocenters. The summed E-state index contributed by atoms with van der Waals surface area (Å²) in [5, 5.41) is 13.1. The molecule has 262 valence electrons. The average Bonchev–Trinajstić information content (AvgIpc) is 3.51. The highest BCUT2D eigenvalue weighted by molar-refractivity contribution is 6.30. The first kappa shape index (κ1) is 33.5. The lowest BCUT2D eigenvalue weighted by atomic mass is 9.49. The minimum Gasteiger partial charge on any atom is -0.507 e. The molecule has 1 saturated carbocycles. The number of rotatable bonds is 6. The number of aryl methyl sites for hydroxylation is 1. The van der Waals surface area contributed by atoms with Crippen LogP contribution in [0.2, 0.25) is 5.02 Å². The van der Waals surface area contributed by atoms with Crippen molar-refractivity contribution in [3.63, 3.8) is 0 Å². The molecular formula is C41H33ClFN3O6. The summed E-state index contributed by atoms with van der Waals surface area (Å²) in [4.78, 5) is 71.6. The Kier molecular flexibility index (Phi) is 7.91. The Hall–Kier alpha value is -5.61. The van der Waals surface area contributed by atoms with Gasteiger partial charge in [0.05, 0.1) is 34.5 Å². The molecule has 4 aromatic rings. The summed E-state index contributed by atoms with van der Waals surface area (Å²) in [5.74, 6) is -6.82. The van der Waals surface area contributed by atoms with Gasteiger partial charge in [-0.1, -0.05) is 53.6 Å². The Morgan fingerprint density at radius 1 is 0.885 bits per heavy atom. The molecule has 0 aromatic heterocycles. The molecule has 9 nitrogen and oxygen atoms in total. The van der Waals surface area contributed by atoms with Gasteiger partial charge in [0.2, 0.25) is 11.8 Å². The number of Topliss-reactive ketones (excluding diaryl/α,β-unsaturated/α-hetero) is 1. The second-order valence-corrected chi connectivity index (χ2v) is 14.4. The second-order valence-electron chi connectivity index (χ2n) is 14.0. The molecule has 2 N–H and O–H groups in total. The van der Waals surface area contributed by atoms with E-state index >= 15 is 4.79 Å². The predicted octanol–water partition coefficient (Wildman–Crippen LogP) is 6.89. The van der Waals surface area contributed by atoms with E-state index in [1.165, 1.54) is 36.1 Å². The number of amides is 4. The van der Waals surface area contributed by atoms with Gasteiger partial charge in [0.25, 0.3) is 11.8 Å². The van der Waals surface area contributed by atoms with E-state index in [-0.39, 0.29) is 30.3 Å². The number of carbonyl (C=O) groups excluding carboxylic acids is 5. The van der Waals surface area contributed by atoms with Crippen LogP contribution in [0, 0.1) is 36.4 Å². The number of phenols is 1. The topological polar surface area (TPSA) is 124 Å². The molecule has 8 rings (SSSR count). The number of hydrazine groups is 1. The van der Waals surface area contributed by atoms with Gasteiger partial charge in [-0.3, -0.25) is 34.3 Å². The van der Waals surface area contributed by atoms with E-state index in [9.17, 15) is 28.7 Å². The van der Waals surface area contributed by atoms with Crippen LogP contribution in [0.3, 0.4) is 0 Å². The number of para-hydroxylation sites is 1. The van der Waals surface area contributed by atoms with Crippen molar-refractivity contribution in [1.82, 2.24) is 5.01 Å². The third-order valence-corrected chi connectivity index (χ3v) is 11.6. The number of fused-ring (bicyclic) bond motifs is 4. The highest BCUT2D eigenvalue weighted by Gasteiger charge is 2.70. The quantitative estimate of drug-likeness (QED) is 0.127. The normalized spacial score (nSPS) is 26.5. The third-order valence-electron chi connectivity index (χ3n) is 11.4. The maximum atomic E-state index is 15.2. The predicted molar refractivity (Wildman–Crippen MR) is 191 cm³/mol. The molecule has 4 aromatic carbocycles. The van der Waals surface area contributed by atoms with Gasteiger partial charge in [-0.05, 0) is 104 Å². The number of nitrogens with one attached hydrogen (secondary N) is 1. The Morgan fingerprint density at radius 2 is 1.58 bits per heavy atom. The van der Waals surface area contributed by atoms with Gasteiger partial charge < -0.3 is 5.11 Å². The summed E-state index contributed by atoms with van der Waals surface area (Å²) in [6, 6.07) is 23.6. The van der Waals surface area contributed by atoms with E-state index in [1.807, 2.05) is 6.08 Å². The fourth-order valence-electron chi connectivity index (χ4n) is 9.01. The fourth-order valence-corrected chi connectivity index (χ4v) is 9.14. The lowest BCUT2D eigenvalue weighted by Crippen LogP contribution is -2.53. The van der Waals surface area contributed by atoms with Crippen LogP contribution >= 0.6 is 11.6 Å². The van der Waals surface area contributed by atoms with Gasteiger partial charge >= 0.3 is 0 Å². The molecule has 52 heavy (non-hydrogen) atoms. The molecular weight excluding hydrogens is 685 g/mol. The Labute approximate surface area is 303 Å². The number of carbonyl (C=O) groups is 5. The number of allylic oxidation sites excluding steroid dienone is 2. The van der Waals surface area contributed by atoms with Gasteiger partial charge in [0.15, 0.2) is 5.78 Å². The molecule has 2 aliphatic carbocycles. The number of halogens is 2. The van der Waals surface area contributed by atoms with Crippen LogP contribution in [0.15, 0.2) is 103 Å².